The molecule has 0 unspecified atom stereocenters. The third-order valence-electron chi connectivity index (χ3n) is 3.42. The number of esters is 1. The molecule has 23 heavy (non-hydrogen) atoms. The minimum absolute atomic E-state index is 0.00658. The Balaban J connectivity index is 2.41. The van der Waals surface area contributed by atoms with Gasteiger partial charge in [0.1, 0.15) is 11.3 Å². The number of hydrogen-bond acceptors (Lipinski definition) is 5. The maximum absolute atomic E-state index is 12.1. The Labute approximate surface area is 144 Å². The number of amides is 1. The van der Waals surface area contributed by atoms with Crippen molar-refractivity contribution in [3.63, 3.8) is 0 Å². The Morgan fingerprint density at radius 2 is 2.17 bits per heavy atom. The summed E-state index contributed by atoms with van der Waals surface area (Å²) in [6, 6.07) is 1.55. The van der Waals surface area contributed by atoms with Crippen LogP contribution in [0, 0.1) is 0 Å². The fraction of sp³-hybridized carbons (Fsp3) is 0.429. The Morgan fingerprint density at radius 3 is 2.78 bits per heavy atom. The topological polar surface area (TPSA) is 84.9 Å². The minimum Gasteiger partial charge on any atom is -0.534 e. The van der Waals surface area contributed by atoms with Crippen LogP contribution in [0.25, 0.3) is 0 Å². The molecule has 6 nitrogen and oxygen atoms in total. The van der Waals surface area contributed by atoms with Crippen LogP contribution in [0.5, 0.6) is 5.75 Å². The summed E-state index contributed by atoms with van der Waals surface area (Å²) in [5.41, 5.74) is 0.546. The second-order valence-electron chi connectivity index (χ2n) is 5.00. The molecule has 2 N–H and O–H groups in total. The first-order valence-corrected chi connectivity index (χ1v) is 7.96. The van der Waals surface area contributed by atoms with Crippen molar-refractivity contribution in [1.82, 2.24) is 5.32 Å². The minimum atomic E-state index is -1.30. The second kappa shape index (κ2) is 7.42. The van der Waals surface area contributed by atoms with Gasteiger partial charge in [-0.2, -0.15) is 0 Å². The van der Waals surface area contributed by atoms with Gasteiger partial charge in [-0.25, -0.2) is 4.79 Å². The molecule has 0 saturated heterocycles. The Kier molecular flexibility index (Phi) is 5.78. The number of fused-ring (bicyclic) bond motifs is 1. The smallest absolute Gasteiger partial charge is 0.534 e. The van der Waals surface area contributed by atoms with Crippen LogP contribution in [0.15, 0.2) is 6.07 Å². The molecule has 1 aromatic carbocycles. The van der Waals surface area contributed by atoms with Crippen LogP contribution < -0.4 is 9.97 Å². The number of carbonyl (C=O) groups is 2. The SMILES string of the molecule is CCOC(=O)c1c(Cl)c(Cl)cc2c1OB(O)[C@@H](NC(=O)CC)C2. The second-order valence-corrected chi connectivity index (χ2v) is 5.78. The van der Waals surface area contributed by atoms with E-state index in [0.29, 0.717) is 5.56 Å². The highest BCUT2D eigenvalue weighted by atomic mass is 35.5. The molecule has 0 aliphatic carbocycles. The average molecular weight is 360 g/mol. The Bertz CT molecular complexity index is 640. The molecule has 1 amide bonds. The molecule has 0 spiro atoms. The number of rotatable bonds is 4. The number of carbonyl (C=O) groups excluding carboxylic acids is 2. The molecule has 9 heteroatoms. The van der Waals surface area contributed by atoms with Gasteiger partial charge in [0, 0.05) is 6.42 Å². The highest BCUT2D eigenvalue weighted by Gasteiger charge is 2.39. The van der Waals surface area contributed by atoms with Crippen molar-refractivity contribution >= 4 is 42.2 Å². The van der Waals surface area contributed by atoms with Gasteiger partial charge in [-0.3, -0.25) is 4.79 Å². The Morgan fingerprint density at radius 1 is 1.48 bits per heavy atom. The molecule has 1 aromatic rings. The molecule has 0 bridgehead atoms. The molecule has 0 saturated carbocycles. The third kappa shape index (κ3) is 3.73. The first kappa shape index (κ1) is 17.9. The molecule has 0 aromatic heterocycles. The fourth-order valence-electron chi connectivity index (χ4n) is 2.31. The van der Waals surface area contributed by atoms with Crippen LogP contribution in [-0.2, 0) is 16.0 Å². The first-order valence-electron chi connectivity index (χ1n) is 7.21. The van der Waals surface area contributed by atoms with E-state index >= 15 is 0 Å². The van der Waals surface area contributed by atoms with Gasteiger partial charge >= 0.3 is 13.1 Å². The number of benzene rings is 1. The van der Waals surface area contributed by atoms with Crippen LogP contribution in [0.2, 0.25) is 10.0 Å². The lowest BCUT2D eigenvalue weighted by atomic mass is 9.72. The van der Waals surface area contributed by atoms with Crippen molar-refractivity contribution in [3.8, 4) is 5.75 Å². The van der Waals surface area contributed by atoms with Gasteiger partial charge in [-0.05, 0) is 25.0 Å². The van der Waals surface area contributed by atoms with Crippen molar-refractivity contribution in [2.45, 2.75) is 32.6 Å². The van der Waals surface area contributed by atoms with Gasteiger partial charge in [-0.15, -0.1) is 0 Å². The standard InChI is InChI=1S/C14H16BCl2NO5/c1-3-10(19)18-9-6-7-5-8(16)12(17)11(14(20)22-4-2)13(7)23-15(9)21/h5,9,21H,3-4,6H2,1-2H3,(H,18,19)/t9-/m0/s1. The summed E-state index contributed by atoms with van der Waals surface area (Å²) in [4.78, 5) is 23.6. The van der Waals surface area contributed by atoms with Crippen LogP contribution in [0.3, 0.4) is 0 Å². The first-order chi connectivity index (χ1) is 10.9. The molecule has 1 heterocycles. The molecule has 1 aliphatic heterocycles. The van der Waals surface area contributed by atoms with E-state index in [1.54, 1.807) is 19.9 Å². The van der Waals surface area contributed by atoms with E-state index in [9.17, 15) is 14.6 Å². The summed E-state index contributed by atoms with van der Waals surface area (Å²) in [7, 11) is -1.30. The maximum atomic E-state index is 12.1. The number of ether oxygens (including phenoxy) is 1. The quantitative estimate of drug-likeness (QED) is 0.634. The van der Waals surface area contributed by atoms with E-state index in [4.69, 9.17) is 32.6 Å². The molecule has 1 atom stereocenters. The summed E-state index contributed by atoms with van der Waals surface area (Å²) in [5.74, 6) is -1.40. The highest BCUT2D eigenvalue weighted by molar-refractivity contribution is 6.48. The lowest BCUT2D eigenvalue weighted by Crippen LogP contribution is -2.53. The largest absolute Gasteiger partial charge is 0.547 e. The van der Waals surface area contributed by atoms with Gasteiger partial charge < -0.3 is 19.7 Å². The summed E-state index contributed by atoms with van der Waals surface area (Å²) < 4.78 is 10.4. The molecule has 1 aliphatic rings. The number of halogens is 2. The van der Waals surface area contributed by atoms with Crippen LogP contribution >= 0.6 is 23.2 Å². The average Bonchev–Trinajstić information content (AvgIpc) is 2.50. The van der Waals surface area contributed by atoms with Crippen molar-refractivity contribution < 1.29 is 24.0 Å². The molecular weight excluding hydrogens is 344 g/mol. The van der Waals surface area contributed by atoms with Crippen molar-refractivity contribution in [3.05, 3.63) is 27.2 Å². The zero-order valence-electron chi connectivity index (χ0n) is 12.7. The van der Waals surface area contributed by atoms with Crippen molar-refractivity contribution in [2.24, 2.45) is 0 Å². The van der Waals surface area contributed by atoms with E-state index < -0.39 is 19.0 Å². The van der Waals surface area contributed by atoms with Crippen molar-refractivity contribution in [2.75, 3.05) is 6.61 Å². The van der Waals surface area contributed by atoms with Crippen LogP contribution in [0.1, 0.15) is 36.2 Å². The summed E-state index contributed by atoms with van der Waals surface area (Å²) in [6.45, 7) is 3.53. The predicted molar refractivity (Wildman–Crippen MR) is 86.9 cm³/mol. The van der Waals surface area contributed by atoms with Crippen molar-refractivity contribution in [1.29, 1.82) is 0 Å². The fourth-order valence-corrected chi connectivity index (χ4v) is 2.75. The lowest BCUT2D eigenvalue weighted by molar-refractivity contribution is -0.121. The maximum Gasteiger partial charge on any atom is 0.547 e. The van der Waals surface area contributed by atoms with Gasteiger partial charge in [-0.1, -0.05) is 30.1 Å². The van der Waals surface area contributed by atoms with Crippen LogP contribution in [0.4, 0.5) is 0 Å². The molecular formula is C14H16BCl2NO5. The summed E-state index contributed by atoms with van der Waals surface area (Å²) >= 11 is 12.2. The number of nitrogens with one attached hydrogen (secondary N) is 1. The zero-order chi connectivity index (χ0) is 17.1. The Hall–Kier alpha value is -1.44. The van der Waals surface area contributed by atoms with E-state index in [1.165, 1.54) is 0 Å². The summed E-state index contributed by atoms with van der Waals surface area (Å²) in [5, 5.41) is 12.9. The van der Waals surface area contributed by atoms with E-state index in [-0.39, 0.29) is 46.7 Å². The van der Waals surface area contributed by atoms with E-state index in [2.05, 4.69) is 5.32 Å². The molecule has 124 valence electrons. The normalized spacial score (nSPS) is 16.4. The molecule has 0 fully saturated rings. The van der Waals surface area contributed by atoms with Gasteiger partial charge in [0.05, 0.1) is 22.6 Å². The van der Waals surface area contributed by atoms with Gasteiger partial charge in [0.25, 0.3) is 0 Å². The van der Waals surface area contributed by atoms with E-state index in [1.807, 2.05) is 0 Å². The monoisotopic (exact) mass is 359 g/mol. The zero-order valence-corrected chi connectivity index (χ0v) is 14.2. The van der Waals surface area contributed by atoms with E-state index in [0.717, 1.165) is 0 Å². The third-order valence-corrected chi connectivity index (χ3v) is 4.21. The summed E-state index contributed by atoms with van der Waals surface area (Å²) in [6.07, 6.45) is 0.539. The van der Waals surface area contributed by atoms with Crippen LogP contribution in [-0.4, -0.2) is 36.6 Å². The van der Waals surface area contributed by atoms with Gasteiger partial charge in [0.15, 0.2) is 0 Å². The molecule has 2 rings (SSSR count). The number of hydrogen-bond donors (Lipinski definition) is 2. The predicted octanol–water partition coefficient (Wildman–Crippen LogP) is 2.02. The highest BCUT2D eigenvalue weighted by Crippen LogP contribution is 2.39. The molecule has 0 radical (unpaired) electrons. The van der Waals surface area contributed by atoms with Gasteiger partial charge in [0.2, 0.25) is 5.91 Å². The lowest BCUT2D eigenvalue weighted by Gasteiger charge is -2.29.